The third-order valence-electron chi connectivity index (χ3n) is 7.28. The quantitative estimate of drug-likeness (QED) is 0.737. The van der Waals surface area contributed by atoms with E-state index in [2.05, 4.69) is 65.3 Å². The van der Waals surface area contributed by atoms with Crippen molar-refractivity contribution >= 4 is 0 Å². The summed E-state index contributed by atoms with van der Waals surface area (Å²) in [6, 6.07) is 18.7. The van der Waals surface area contributed by atoms with Crippen LogP contribution in [0.25, 0.3) is 0 Å². The Balaban J connectivity index is 1.45. The van der Waals surface area contributed by atoms with Gasteiger partial charge >= 0.3 is 0 Å². The molecule has 0 radical (unpaired) electrons. The van der Waals surface area contributed by atoms with E-state index in [1.165, 1.54) is 37.1 Å². The van der Waals surface area contributed by atoms with Gasteiger partial charge in [0.05, 0.1) is 13.7 Å². The number of fused-ring (bicyclic) bond motifs is 2. The maximum Gasteiger partial charge on any atom is 0.123 e. The van der Waals surface area contributed by atoms with Crippen LogP contribution in [0.15, 0.2) is 48.5 Å². The molecule has 2 aromatic carbocycles. The Morgan fingerprint density at radius 2 is 1.72 bits per heavy atom. The third-order valence-corrected chi connectivity index (χ3v) is 7.28. The van der Waals surface area contributed by atoms with Gasteiger partial charge in [0.15, 0.2) is 0 Å². The molecule has 4 saturated heterocycles. The summed E-state index contributed by atoms with van der Waals surface area (Å²) in [5.74, 6) is 3.37. The van der Waals surface area contributed by atoms with E-state index >= 15 is 0 Å². The molecule has 3 atom stereocenters. The molecule has 0 spiro atoms. The predicted molar refractivity (Wildman–Crippen MR) is 116 cm³/mol. The number of para-hydroxylation sites is 1. The highest BCUT2D eigenvalue weighted by Crippen LogP contribution is 2.47. The molecule has 6 rings (SSSR count). The maximum atomic E-state index is 5.93. The summed E-state index contributed by atoms with van der Waals surface area (Å²) in [6.45, 7) is 7.41. The molecular weight excluding hydrogens is 360 g/mol. The molecule has 4 fully saturated rings. The lowest BCUT2D eigenvalue weighted by Crippen LogP contribution is -2.59. The van der Waals surface area contributed by atoms with Gasteiger partial charge in [-0.1, -0.05) is 30.3 Å². The van der Waals surface area contributed by atoms with Gasteiger partial charge in [0.2, 0.25) is 0 Å². The number of hydrogen-bond donors (Lipinski definition) is 0. The molecule has 0 unspecified atom stereocenters. The largest absolute Gasteiger partial charge is 0.497 e. The summed E-state index contributed by atoms with van der Waals surface area (Å²) in [5, 5.41) is 0. The fourth-order valence-electron chi connectivity index (χ4n) is 6.02. The van der Waals surface area contributed by atoms with Crippen LogP contribution in [0.1, 0.15) is 36.8 Å². The molecule has 29 heavy (non-hydrogen) atoms. The summed E-state index contributed by atoms with van der Waals surface area (Å²) in [5.41, 5.74) is 2.77. The molecule has 4 aliphatic heterocycles. The van der Waals surface area contributed by atoms with Gasteiger partial charge < -0.3 is 9.47 Å². The minimum Gasteiger partial charge on any atom is -0.497 e. The van der Waals surface area contributed by atoms with Crippen molar-refractivity contribution in [2.75, 3.05) is 33.4 Å². The van der Waals surface area contributed by atoms with Gasteiger partial charge in [-0.3, -0.25) is 9.80 Å². The summed E-state index contributed by atoms with van der Waals surface area (Å²) >= 11 is 0. The van der Waals surface area contributed by atoms with Crippen molar-refractivity contribution in [2.24, 2.45) is 5.92 Å². The Bertz CT molecular complexity index is 829. The second kappa shape index (κ2) is 8.00. The Labute approximate surface area is 174 Å². The van der Waals surface area contributed by atoms with E-state index in [1.807, 2.05) is 0 Å². The molecule has 4 heterocycles. The third kappa shape index (κ3) is 3.43. The van der Waals surface area contributed by atoms with E-state index in [1.54, 1.807) is 7.11 Å². The molecular formula is C25H32N2O2. The lowest BCUT2D eigenvalue weighted by Gasteiger charge is -2.51. The minimum absolute atomic E-state index is 0.563. The SMILES string of the molecule is CCOc1ccccc1CN1C[C@@H](c2ccc(OC)cc2)[C@@H]2[C@H]1C1CCN2CC1. The highest BCUT2D eigenvalue weighted by Gasteiger charge is 2.53. The smallest absolute Gasteiger partial charge is 0.123 e. The topological polar surface area (TPSA) is 24.9 Å². The average Bonchev–Trinajstić information content (AvgIpc) is 3.18. The number of methoxy groups -OCH3 is 1. The second-order valence-electron chi connectivity index (χ2n) is 8.70. The molecule has 0 aromatic heterocycles. The molecule has 2 bridgehead atoms. The lowest BCUT2D eigenvalue weighted by molar-refractivity contribution is -0.00886. The van der Waals surface area contributed by atoms with Gasteiger partial charge in [-0.25, -0.2) is 0 Å². The van der Waals surface area contributed by atoms with Crippen LogP contribution in [-0.4, -0.2) is 55.2 Å². The molecule has 0 saturated carbocycles. The van der Waals surface area contributed by atoms with Crippen molar-refractivity contribution in [3.8, 4) is 11.5 Å². The summed E-state index contributed by atoms with van der Waals surface area (Å²) in [4.78, 5) is 5.53. The van der Waals surface area contributed by atoms with Crippen molar-refractivity contribution in [2.45, 2.75) is 44.3 Å². The number of piperidine rings is 3. The van der Waals surface area contributed by atoms with E-state index in [0.29, 0.717) is 24.6 Å². The van der Waals surface area contributed by atoms with Crippen molar-refractivity contribution in [1.82, 2.24) is 9.80 Å². The van der Waals surface area contributed by atoms with E-state index < -0.39 is 0 Å². The zero-order valence-corrected chi connectivity index (χ0v) is 17.6. The average molecular weight is 393 g/mol. The molecule has 154 valence electrons. The van der Waals surface area contributed by atoms with Crippen LogP contribution in [0.4, 0.5) is 0 Å². The van der Waals surface area contributed by atoms with Gasteiger partial charge in [0, 0.05) is 36.7 Å². The van der Waals surface area contributed by atoms with E-state index in [-0.39, 0.29) is 0 Å². The van der Waals surface area contributed by atoms with Crippen LogP contribution >= 0.6 is 0 Å². The van der Waals surface area contributed by atoms with Crippen LogP contribution in [0.2, 0.25) is 0 Å². The second-order valence-corrected chi connectivity index (χ2v) is 8.70. The van der Waals surface area contributed by atoms with Crippen LogP contribution in [0, 0.1) is 5.92 Å². The molecule has 2 aromatic rings. The fourth-order valence-corrected chi connectivity index (χ4v) is 6.02. The van der Waals surface area contributed by atoms with Gasteiger partial charge in [-0.05, 0) is 62.5 Å². The van der Waals surface area contributed by atoms with Crippen LogP contribution in [0.3, 0.4) is 0 Å². The van der Waals surface area contributed by atoms with Crippen LogP contribution < -0.4 is 9.47 Å². The zero-order valence-electron chi connectivity index (χ0n) is 17.6. The highest BCUT2D eigenvalue weighted by atomic mass is 16.5. The number of hydrogen-bond acceptors (Lipinski definition) is 4. The molecule has 4 heteroatoms. The normalized spacial score (nSPS) is 30.9. The monoisotopic (exact) mass is 392 g/mol. The number of likely N-dealkylation sites (tertiary alicyclic amines) is 1. The van der Waals surface area contributed by atoms with Crippen molar-refractivity contribution < 1.29 is 9.47 Å². The Morgan fingerprint density at radius 3 is 2.45 bits per heavy atom. The zero-order chi connectivity index (χ0) is 19.8. The molecule has 4 nitrogen and oxygen atoms in total. The fraction of sp³-hybridized carbons (Fsp3) is 0.520. The van der Waals surface area contributed by atoms with Gasteiger partial charge in [-0.2, -0.15) is 0 Å². The maximum absolute atomic E-state index is 5.93. The first-order valence-electron chi connectivity index (χ1n) is 11.1. The van der Waals surface area contributed by atoms with E-state index in [9.17, 15) is 0 Å². The number of rotatable bonds is 6. The number of benzene rings is 2. The Kier molecular flexibility index (Phi) is 5.23. The van der Waals surface area contributed by atoms with Crippen molar-refractivity contribution in [3.05, 3.63) is 59.7 Å². The van der Waals surface area contributed by atoms with Gasteiger partial charge in [0.25, 0.3) is 0 Å². The van der Waals surface area contributed by atoms with Crippen molar-refractivity contribution in [1.29, 1.82) is 0 Å². The molecule has 0 amide bonds. The summed E-state index contributed by atoms with van der Waals surface area (Å²) in [7, 11) is 1.74. The van der Waals surface area contributed by atoms with Crippen molar-refractivity contribution in [3.63, 3.8) is 0 Å². The predicted octanol–water partition coefficient (Wildman–Crippen LogP) is 4.16. The molecule has 0 aliphatic carbocycles. The Morgan fingerprint density at radius 1 is 0.966 bits per heavy atom. The van der Waals surface area contributed by atoms with Gasteiger partial charge in [-0.15, -0.1) is 0 Å². The summed E-state index contributed by atoms with van der Waals surface area (Å²) < 4.78 is 11.3. The Hall–Kier alpha value is -2.04. The molecule has 0 N–H and O–H groups in total. The van der Waals surface area contributed by atoms with E-state index in [0.717, 1.165) is 30.5 Å². The number of nitrogens with zero attached hydrogens (tertiary/aromatic N) is 2. The molecule has 4 aliphatic rings. The standard InChI is InChI=1S/C25H32N2O2/c1-3-29-23-7-5-4-6-20(23)16-27-17-22(18-8-10-21(28-2)11-9-18)25-24(27)19-12-14-26(25)15-13-19/h4-11,19,22,24-25H,3,12-17H2,1-2H3/t22-,24+,25+/m0/s1. The van der Waals surface area contributed by atoms with Crippen LogP contribution in [-0.2, 0) is 6.54 Å². The first-order valence-corrected chi connectivity index (χ1v) is 11.1. The summed E-state index contributed by atoms with van der Waals surface area (Å²) in [6.07, 6.45) is 2.69. The number of ether oxygens (including phenoxy) is 2. The van der Waals surface area contributed by atoms with E-state index in [4.69, 9.17) is 9.47 Å². The highest BCUT2D eigenvalue weighted by molar-refractivity contribution is 5.35. The van der Waals surface area contributed by atoms with Gasteiger partial charge in [0.1, 0.15) is 11.5 Å². The minimum atomic E-state index is 0.563. The first kappa shape index (κ1) is 19.0. The van der Waals surface area contributed by atoms with Crippen LogP contribution in [0.5, 0.6) is 11.5 Å². The first-order chi connectivity index (χ1) is 14.3. The lowest BCUT2D eigenvalue weighted by atomic mass is 9.75.